The molecule has 0 N–H and O–H groups in total. The number of hydrogen-bond donors (Lipinski definition) is 0. The summed E-state index contributed by atoms with van der Waals surface area (Å²) in [6, 6.07) is 5.57. The number of rotatable bonds is 4. The highest BCUT2D eigenvalue weighted by atomic mass is 35.5. The van der Waals surface area contributed by atoms with Crippen LogP contribution in [0.15, 0.2) is 18.2 Å². The summed E-state index contributed by atoms with van der Waals surface area (Å²) in [7, 11) is 1.86. The van der Waals surface area contributed by atoms with E-state index < -0.39 is 0 Å². The van der Waals surface area contributed by atoms with Gasteiger partial charge in [0, 0.05) is 32.0 Å². The second-order valence-electron chi connectivity index (χ2n) is 7.09. The lowest BCUT2D eigenvalue weighted by Gasteiger charge is -2.42. The normalized spacial score (nSPS) is 24.5. The maximum atomic E-state index is 12.8. The Kier molecular flexibility index (Phi) is 6.03. The van der Waals surface area contributed by atoms with Crippen LogP contribution in [0.25, 0.3) is 0 Å². The summed E-state index contributed by atoms with van der Waals surface area (Å²) in [6.07, 6.45) is 4.54. The fraction of sp³-hybridized carbons (Fsp3) is 0.579. The van der Waals surface area contributed by atoms with Gasteiger partial charge in [0.2, 0.25) is 5.91 Å². The van der Waals surface area contributed by atoms with Crippen molar-refractivity contribution in [2.75, 3.05) is 20.1 Å². The summed E-state index contributed by atoms with van der Waals surface area (Å²) in [4.78, 5) is 29.0. The van der Waals surface area contributed by atoms with Crippen LogP contribution in [0, 0.1) is 0 Å². The minimum atomic E-state index is 0.0573. The summed E-state index contributed by atoms with van der Waals surface area (Å²) < 4.78 is 0. The first-order chi connectivity index (χ1) is 12.0. The van der Waals surface area contributed by atoms with Crippen molar-refractivity contribution in [1.29, 1.82) is 0 Å². The maximum absolute atomic E-state index is 12.8. The van der Waals surface area contributed by atoms with Crippen LogP contribution in [0.3, 0.4) is 0 Å². The number of nitrogens with zero attached hydrogens (tertiary/aromatic N) is 2. The van der Waals surface area contributed by atoms with E-state index in [9.17, 15) is 9.59 Å². The number of carbonyl (C=O) groups is 2. The Morgan fingerprint density at radius 1 is 1.24 bits per heavy atom. The molecular weight excluding hydrogens is 359 g/mol. The van der Waals surface area contributed by atoms with Gasteiger partial charge in [-0.1, -0.05) is 29.3 Å². The van der Waals surface area contributed by atoms with E-state index in [1.807, 2.05) is 18.0 Å². The quantitative estimate of drug-likeness (QED) is 0.798. The zero-order chi connectivity index (χ0) is 18.0. The van der Waals surface area contributed by atoms with Crippen molar-refractivity contribution in [2.24, 2.45) is 0 Å². The Morgan fingerprint density at radius 2 is 1.96 bits per heavy atom. The fourth-order valence-corrected chi connectivity index (χ4v) is 4.32. The molecule has 4 nitrogen and oxygen atoms in total. The van der Waals surface area contributed by atoms with Crippen LogP contribution in [0.4, 0.5) is 0 Å². The zero-order valence-electron chi connectivity index (χ0n) is 14.5. The molecule has 1 saturated heterocycles. The number of carbonyl (C=O) groups excluding carboxylic acids is 2. The van der Waals surface area contributed by atoms with Gasteiger partial charge < -0.3 is 4.90 Å². The lowest BCUT2D eigenvalue weighted by molar-refractivity contribution is -0.136. The molecule has 1 saturated carbocycles. The third-order valence-electron chi connectivity index (χ3n) is 5.44. The van der Waals surface area contributed by atoms with E-state index in [0.29, 0.717) is 35.1 Å². The zero-order valence-corrected chi connectivity index (χ0v) is 16.0. The number of ketones is 1. The second-order valence-corrected chi connectivity index (χ2v) is 7.90. The van der Waals surface area contributed by atoms with Crippen LogP contribution in [0.2, 0.25) is 10.0 Å². The van der Waals surface area contributed by atoms with Crippen LogP contribution >= 0.6 is 23.2 Å². The first-order valence-electron chi connectivity index (χ1n) is 8.91. The van der Waals surface area contributed by atoms with E-state index in [0.717, 1.165) is 25.1 Å². The molecule has 136 valence electrons. The van der Waals surface area contributed by atoms with Gasteiger partial charge in [0.25, 0.3) is 0 Å². The second kappa shape index (κ2) is 8.07. The molecule has 2 atom stereocenters. The Bertz CT molecular complexity index is 659. The molecule has 1 aromatic carbocycles. The smallest absolute Gasteiger partial charge is 0.227 e. The van der Waals surface area contributed by atoms with Crippen molar-refractivity contribution in [3.05, 3.63) is 33.8 Å². The van der Waals surface area contributed by atoms with Crippen molar-refractivity contribution in [3.8, 4) is 0 Å². The maximum Gasteiger partial charge on any atom is 0.227 e. The molecule has 1 aliphatic heterocycles. The summed E-state index contributed by atoms with van der Waals surface area (Å²) >= 11 is 12.0. The average molecular weight is 383 g/mol. The molecular formula is C19H24Cl2N2O2. The molecule has 1 amide bonds. The summed E-state index contributed by atoms with van der Waals surface area (Å²) in [5.74, 6) is 0.375. The molecule has 25 heavy (non-hydrogen) atoms. The van der Waals surface area contributed by atoms with Gasteiger partial charge in [-0.25, -0.2) is 0 Å². The van der Waals surface area contributed by atoms with Gasteiger partial charge in [0.05, 0.1) is 16.5 Å². The van der Waals surface area contributed by atoms with E-state index in [1.54, 1.807) is 12.1 Å². The van der Waals surface area contributed by atoms with E-state index in [2.05, 4.69) is 4.90 Å². The van der Waals surface area contributed by atoms with Crippen LogP contribution in [0.1, 0.15) is 37.7 Å². The average Bonchev–Trinajstić information content (AvgIpc) is 3.12. The molecule has 1 aliphatic carbocycles. The van der Waals surface area contributed by atoms with Crippen molar-refractivity contribution in [1.82, 2.24) is 9.80 Å². The van der Waals surface area contributed by atoms with Gasteiger partial charge in [-0.05, 0) is 50.0 Å². The first-order valence-corrected chi connectivity index (χ1v) is 9.66. The monoisotopic (exact) mass is 382 g/mol. The molecule has 0 aromatic heterocycles. The molecule has 2 unspecified atom stereocenters. The molecule has 0 spiro atoms. The highest BCUT2D eigenvalue weighted by Gasteiger charge is 2.38. The summed E-state index contributed by atoms with van der Waals surface area (Å²) in [5.41, 5.74) is 0.857. The van der Waals surface area contributed by atoms with Crippen molar-refractivity contribution in [3.63, 3.8) is 0 Å². The molecule has 2 fully saturated rings. The minimum Gasteiger partial charge on any atom is -0.341 e. The van der Waals surface area contributed by atoms with Gasteiger partial charge in [-0.15, -0.1) is 0 Å². The predicted molar refractivity (Wildman–Crippen MR) is 100 cm³/mol. The Morgan fingerprint density at radius 3 is 2.64 bits per heavy atom. The van der Waals surface area contributed by atoms with E-state index in [-0.39, 0.29) is 18.0 Å². The predicted octanol–water partition coefficient (Wildman–Crippen LogP) is 3.58. The van der Waals surface area contributed by atoms with Crippen molar-refractivity contribution >= 4 is 34.9 Å². The molecule has 0 radical (unpaired) electrons. The van der Waals surface area contributed by atoms with E-state index in [1.165, 1.54) is 12.8 Å². The van der Waals surface area contributed by atoms with Gasteiger partial charge in [-0.2, -0.15) is 0 Å². The molecule has 1 heterocycles. The lowest BCUT2D eigenvalue weighted by Crippen LogP contribution is -2.54. The molecule has 0 bridgehead atoms. The number of halogens is 2. The number of hydrogen-bond acceptors (Lipinski definition) is 3. The first kappa shape index (κ1) is 18.7. The van der Waals surface area contributed by atoms with Gasteiger partial charge in [-0.3, -0.25) is 14.5 Å². The Balaban J connectivity index is 1.70. The number of Topliss-reactive ketones (excluding diaryl/α,β-unsaturated/α-hetero) is 1. The summed E-state index contributed by atoms with van der Waals surface area (Å²) in [5, 5.41) is 0.957. The van der Waals surface area contributed by atoms with Crippen LogP contribution in [-0.4, -0.2) is 53.7 Å². The molecule has 2 aliphatic rings. The van der Waals surface area contributed by atoms with E-state index >= 15 is 0 Å². The number of likely N-dealkylation sites (N-methyl/N-ethyl adjacent to an activating group) is 1. The van der Waals surface area contributed by atoms with Gasteiger partial charge in [0.15, 0.2) is 0 Å². The molecule has 3 rings (SSSR count). The fourth-order valence-electron chi connectivity index (χ4n) is 4.00. The van der Waals surface area contributed by atoms with E-state index in [4.69, 9.17) is 23.2 Å². The van der Waals surface area contributed by atoms with Crippen LogP contribution in [-0.2, 0) is 16.0 Å². The number of benzene rings is 1. The van der Waals surface area contributed by atoms with Gasteiger partial charge >= 0.3 is 0 Å². The van der Waals surface area contributed by atoms with Crippen molar-refractivity contribution in [2.45, 2.75) is 50.6 Å². The number of likely N-dealkylation sites (tertiary alicyclic amines) is 1. The van der Waals surface area contributed by atoms with Crippen molar-refractivity contribution < 1.29 is 9.59 Å². The third kappa shape index (κ3) is 4.36. The molecule has 1 aromatic rings. The highest BCUT2D eigenvalue weighted by molar-refractivity contribution is 6.42. The minimum absolute atomic E-state index is 0.0573. The van der Waals surface area contributed by atoms with Crippen LogP contribution in [0.5, 0.6) is 0 Å². The highest BCUT2D eigenvalue weighted by Crippen LogP contribution is 2.28. The van der Waals surface area contributed by atoms with Gasteiger partial charge in [0.1, 0.15) is 5.78 Å². The largest absolute Gasteiger partial charge is 0.341 e. The Labute approximate surface area is 159 Å². The lowest BCUT2D eigenvalue weighted by atomic mass is 9.87. The SMILES string of the molecule is CN(C(=O)Cc1ccc(Cl)c(Cl)c1)C1CCC(=O)CC1N1CCCC1. The third-order valence-corrected chi connectivity index (χ3v) is 6.18. The van der Waals surface area contributed by atoms with Crippen LogP contribution < -0.4 is 0 Å². The topological polar surface area (TPSA) is 40.6 Å². The Hall–Kier alpha value is -1.10. The molecule has 6 heteroatoms. The standard InChI is InChI=1S/C19H24Cl2N2O2/c1-22(19(25)11-13-4-6-15(20)16(21)10-13)17-7-5-14(24)12-18(17)23-8-2-3-9-23/h4,6,10,17-18H,2-3,5,7-9,11-12H2,1H3. The summed E-state index contributed by atoms with van der Waals surface area (Å²) in [6.45, 7) is 2.06. The number of amides is 1.